The van der Waals surface area contributed by atoms with E-state index >= 15 is 0 Å². The molecule has 1 aromatic rings. The second kappa shape index (κ2) is 5.65. The predicted molar refractivity (Wildman–Crippen MR) is 72.0 cm³/mol. The predicted octanol–water partition coefficient (Wildman–Crippen LogP) is 2.82. The summed E-state index contributed by atoms with van der Waals surface area (Å²) in [6.07, 6.45) is 1.17. The van der Waals surface area contributed by atoms with Crippen molar-refractivity contribution in [1.29, 1.82) is 0 Å². The van der Waals surface area contributed by atoms with Gasteiger partial charge in [-0.1, -0.05) is 6.92 Å². The van der Waals surface area contributed by atoms with E-state index in [9.17, 15) is 0 Å². The zero-order chi connectivity index (χ0) is 12.3. The molecule has 1 aliphatic rings. The summed E-state index contributed by atoms with van der Waals surface area (Å²) in [6.45, 7) is 2.22. The van der Waals surface area contributed by atoms with Crippen LogP contribution in [0.4, 0.5) is 0 Å². The molecule has 0 bridgehead atoms. The Bertz CT molecular complexity index is 361. The first-order valence-corrected chi connectivity index (χ1v) is 6.92. The Hall–Kier alpha value is -0.870. The molecule has 1 fully saturated rings. The van der Waals surface area contributed by atoms with Gasteiger partial charge >= 0.3 is 0 Å². The number of methoxy groups -OCH3 is 2. The van der Waals surface area contributed by atoms with E-state index in [0.717, 1.165) is 11.5 Å². The van der Waals surface area contributed by atoms with Gasteiger partial charge in [0.25, 0.3) is 0 Å². The molecule has 0 spiro atoms. The smallest absolute Gasteiger partial charge is 0.122 e. The summed E-state index contributed by atoms with van der Waals surface area (Å²) in [5, 5.41) is 3.96. The highest BCUT2D eigenvalue weighted by atomic mass is 32.2. The Morgan fingerprint density at radius 2 is 1.88 bits per heavy atom. The van der Waals surface area contributed by atoms with Crippen LogP contribution in [0.2, 0.25) is 0 Å². The Labute approximate surface area is 107 Å². The zero-order valence-electron chi connectivity index (χ0n) is 10.5. The van der Waals surface area contributed by atoms with Gasteiger partial charge in [0.2, 0.25) is 0 Å². The molecule has 0 amide bonds. The molecule has 2 atom stereocenters. The molecule has 94 valence electrons. The van der Waals surface area contributed by atoms with Crippen LogP contribution in [0.25, 0.3) is 0 Å². The Morgan fingerprint density at radius 1 is 1.24 bits per heavy atom. The maximum absolute atomic E-state index is 5.29. The van der Waals surface area contributed by atoms with Crippen LogP contribution in [0.3, 0.4) is 0 Å². The van der Waals surface area contributed by atoms with E-state index in [0.29, 0.717) is 11.4 Å². The second-order valence-electron chi connectivity index (χ2n) is 4.13. The highest BCUT2D eigenvalue weighted by molar-refractivity contribution is 7.99. The molecule has 1 saturated heterocycles. The van der Waals surface area contributed by atoms with Crippen LogP contribution < -0.4 is 14.8 Å². The lowest BCUT2D eigenvalue weighted by molar-refractivity contribution is 0.393. The van der Waals surface area contributed by atoms with E-state index in [1.54, 1.807) is 14.2 Å². The van der Waals surface area contributed by atoms with Gasteiger partial charge in [-0.2, -0.15) is 0 Å². The first-order chi connectivity index (χ1) is 8.26. The molecule has 0 radical (unpaired) electrons. The molecule has 17 heavy (non-hydrogen) atoms. The van der Waals surface area contributed by atoms with Crippen molar-refractivity contribution >= 4 is 11.8 Å². The first kappa shape index (κ1) is 12.6. The lowest BCUT2D eigenvalue weighted by Gasteiger charge is -2.14. The molecule has 0 aliphatic carbocycles. The third kappa shape index (κ3) is 2.87. The third-order valence-electron chi connectivity index (χ3n) is 3.02. The van der Waals surface area contributed by atoms with Crippen LogP contribution in [-0.2, 0) is 0 Å². The van der Waals surface area contributed by atoms with Crippen molar-refractivity contribution in [3.63, 3.8) is 0 Å². The van der Waals surface area contributed by atoms with E-state index in [1.807, 2.05) is 17.8 Å². The standard InChI is InChI=1S/C13H19NO2S/c1-4-10-8-17-13(14-10)9-5-11(15-2)7-12(6-9)16-3/h5-7,10,13-14H,4,8H2,1-3H3. The molecular weight excluding hydrogens is 234 g/mol. The minimum absolute atomic E-state index is 0.351. The van der Waals surface area contributed by atoms with Crippen LogP contribution in [-0.4, -0.2) is 26.0 Å². The average Bonchev–Trinajstić information content (AvgIpc) is 2.86. The minimum atomic E-state index is 0.351. The van der Waals surface area contributed by atoms with Crippen molar-refractivity contribution in [2.45, 2.75) is 24.8 Å². The number of hydrogen-bond donors (Lipinski definition) is 1. The summed E-state index contributed by atoms with van der Waals surface area (Å²) >= 11 is 1.94. The van der Waals surface area contributed by atoms with E-state index in [1.165, 1.54) is 17.7 Å². The minimum Gasteiger partial charge on any atom is -0.497 e. The second-order valence-corrected chi connectivity index (χ2v) is 5.27. The quantitative estimate of drug-likeness (QED) is 0.894. The highest BCUT2D eigenvalue weighted by Gasteiger charge is 2.24. The summed E-state index contributed by atoms with van der Waals surface area (Å²) in [5.41, 5.74) is 1.22. The molecule has 1 heterocycles. The van der Waals surface area contributed by atoms with E-state index < -0.39 is 0 Å². The van der Waals surface area contributed by atoms with Crippen molar-refractivity contribution in [3.8, 4) is 11.5 Å². The van der Waals surface area contributed by atoms with Crippen LogP contribution in [0.15, 0.2) is 18.2 Å². The van der Waals surface area contributed by atoms with Crippen molar-refractivity contribution in [1.82, 2.24) is 5.32 Å². The number of ether oxygens (including phenoxy) is 2. The van der Waals surface area contributed by atoms with Gasteiger partial charge in [0, 0.05) is 17.9 Å². The molecule has 2 unspecified atom stereocenters. The van der Waals surface area contributed by atoms with E-state index in [4.69, 9.17) is 9.47 Å². The van der Waals surface area contributed by atoms with Gasteiger partial charge in [-0.15, -0.1) is 11.8 Å². The summed E-state index contributed by atoms with van der Waals surface area (Å²) in [5.74, 6) is 2.86. The molecule has 4 heteroatoms. The fourth-order valence-corrected chi connectivity index (χ4v) is 3.31. The van der Waals surface area contributed by atoms with Crippen molar-refractivity contribution in [2.24, 2.45) is 0 Å². The number of nitrogens with one attached hydrogen (secondary N) is 1. The number of thioether (sulfide) groups is 1. The summed E-state index contributed by atoms with van der Waals surface area (Å²) < 4.78 is 10.6. The van der Waals surface area contributed by atoms with Gasteiger partial charge in [-0.3, -0.25) is 5.32 Å². The third-order valence-corrected chi connectivity index (χ3v) is 4.36. The number of benzene rings is 1. The molecule has 0 saturated carbocycles. The summed E-state index contributed by atoms with van der Waals surface area (Å²) in [6, 6.07) is 6.67. The Kier molecular flexibility index (Phi) is 4.18. The van der Waals surface area contributed by atoms with Gasteiger partial charge in [0.15, 0.2) is 0 Å². The van der Waals surface area contributed by atoms with E-state index in [2.05, 4.69) is 24.4 Å². The Morgan fingerprint density at radius 3 is 2.35 bits per heavy atom. The van der Waals surface area contributed by atoms with Crippen LogP contribution in [0, 0.1) is 0 Å². The molecule has 1 aliphatic heterocycles. The maximum Gasteiger partial charge on any atom is 0.122 e. The lowest BCUT2D eigenvalue weighted by atomic mass is 10.1. The van der Waals surface area contributed by atoms with Gasteiger partial charge in [0.1, 0.15) is 11.5 Å². The van der Waals surface area contributed by atoms with Gasteiger partial charge in [-0.25, -0.2) is 0 Å². The SMILES string of the molecule is CCC1CSC(c2cc(OC)cc(OC)c2)N1. The molecule has 2 rings (SSSR count). The summed E-state index contributed by atoms with van der Waals surface area (Å²) in [4.78, 5) is 0. The molecule has 3 nitrogen and oxygen atoms in total. The summed E-state index contributed by atoms with van der Waals surface area (Å²) in [7, 11) is 3.37. The topological polar surface area (TPSA) is 30.5 Å². The highest BCUT2D eigenvalue weighted by Crippen LogP contribution is 2.36. The molecule has 1 N–H and O–H groups in total. The van der Waals surface area contributed by atoms with Gasteiger partial charge in [0.05, 0.1) is 19.6 Å². The van der Waals surface area contributed by atoms with Gasteiger partial charge < -0.3 is 9.47 Å². The van der Waals surface area contributed by atoms with Gasteiger partial charge in [-0.05, 0) is 24.1 Å². The maximum atomic E-state index is 5.29. The monoisotopic (exact) mass is 253 g/mol. The first-order valence-electron chi connectivity index (χ1n) is 5.87. The Balaban J connectivity index is 2.20. The van der Waals surface area contributed by atoms with Crippen LogP contribution in [0.5, 0.6) is 11.5 Å². The van der Waals surface area contributed by atoms with Crippen LogP contribution >= 0.6 is 11.8 Å². The largest absolute Gasteiger partial charge is 0.497 e. The average molecular weight is 253 g/mol. The lowest BCUT2D eigenvalue weighted by Crippen LogP contribution is -2.24. The molecular formula is C13H19NO2S. The zero-order valence-corrected chi connectivity index (χ0v) is 11.3. The normalized spacial score (nSPS) is 23.7. The fourth-order valence-electron chi connectivity index (χ4n) is 1.93. The van der Waals surface area contributed by atoms with Crippen molar-refractivity contribution in [2.75, 3.05) is 20.0 Å². The molecule has 0 aromatic heterocycles. The van der Waals surface area contributed by atoms with Crippen molar-refractivity contribution < 1.29 is 9.47 Å². The fraction of sp³-hybridized carbons (Fsp3) is 0.538. The number of rotatable bonds is 4. The number of hydrogen-bond acceptors (Lipinski definition) is 4. The van der Waals surface area contributed by atoms with Crippen molar-refractivity contribution in [3.05, 3.63) is 23.8 Å². The van der Waals surface area contributed by atoms with Crippen LogP contribution in [0.1, 0.15) is 24.3 Å². The molecule has 1 aromatic carbocycles. The van der Waals surface area contributed by atoms with E-state index in [-0.39, 0.29) is 0 Å².